The first-order valence-corrected chi connectivity index (χ1v) is 13.9. The summed E-state index contributed by atoms with van der Waals surface area (Å²) in [6.45, 7) is 0.725. The number of carbonyl (C=O) groups is 2. The van der Waals surface area contributed by atoms with Gasteiger partial charge in [0, 0.05) is 11.3 Å². The molecule has 40 heavy (non-hydrogen) atoms. The molecule has 1 amide bonds. The molecular weight excluding hydrogens is 557 g/mol. The number of Topliss-reactive ketones (excluding diaryl/α,β-unsaturated/α-hetero) is 1. The van der Waals surface area contributed by atoms with Crippen molar-refractivity contribution in [2.45, 2.75) is 16.1 Å². The minimum absolute atomic E-state index is 0.0826. The Morgan fingerprint density at radius 2 is 1.82 bits per heavy atom. The number of halogens is 1. The van der Waals surface area contributed by atoms with Crippen molar-refractivity contribution in [3.63, 3.8) is 0 Å². The van der Waals surface area contributed by atoms with Crippen molar-refractivity contribution >= 4 is 45.7 Å². The van der Waals surface area contributed by atoms with Crippen LogP contribution in [0.3, 0.4) is 0 Å². The predicted octanol–water partition coefficient (Wildman–Crippen LogP) is 5.07. The first-order chi connectivity index (χ1) is 19.4. The van der Waals surface area contributed by atoms with Crippen LogP contribution in [-0.2, 0) is 15.3 Å². The van der Waals surface area contributed by atoms with Gasteiger partial charge in [0.05, 0.1) is 11.6 Å². The summed E-state index contributed by atoms with van der Waals surface area (Å²) in [6.07, 6.45) is 0. The molecule has 0 aliphatic carbocycles. The average molecular weight is 578 g/mol. The monoisotopic (exact) mass is 577 g/mol. The number of carbonyl (C=O) groups excluding carboxylic acids is 2. The summed E-state index contributed by atoms with van der Waals surface area (Å²) in [6, 6.07) is 16.1. The second-order valence-electron chi connectivity index (χ2n) is 8.85. The van der Waals surface area contributed by atoms with E-state index in [0.717, 1.165) is 16.2 Å². The Kier molecular flexibility index (Phi) is 6.86. The lowest BCUT2D eigenvalue weighted by Crippen LogP contribution is -2.29. The Labute approximate surface area is 235 Å². The summed E-state index contributed by atoms with van der Waals surface area (Å²) < 4.78 is 25.7. The molecule has 1 fully saturated rings. The first-order valence-electron chi connectivity index (χ1n) is 12.1. The molecule has 9 nitrogen and oxygen atoms in total. The molecular formula is C28H20FN3O6S2. The molecule has 3 aromatic carbocycles. The summed E-state index contributed by atoms with van der Waals surface area (Å²) >= 11 is 2.30. The maximum absolute atomic E-state index is 14.1. The van der Waals surface area contributed by atoms with Crippen molar-refractivity contribution in [3.8, 4) is 17.2 Å². The van der Waals surface area contributed by atoms with Crippen LogP contribution < -0.4 is 14.4 Å². The lowest BCUT2D eigenvalue weighted by atomic mass is 9.95. The van der Waals surface area contributed by atoms with Crippen LogP contribution in [0.4, 0.5) is 9.52 Å². The highest BCUT2D eigenvalue weighted by Gasteiger charge is 2.48. The van der Waals surface area contributed by atoms with Crippen LogP contribution in [0.1, 0.15) is 22.7 Å². The second-order valence-corrected chi connectivity index (χ2v) is 11.0. The zero-order chi connectivity index (χ0) is 27.8. The number of thioether (sulfide) groups is 1. The molecule has 0 saturated carbocycles. The molecule has 1 atom stereocenters. The number of benzene rings is 3. The number of phenolic OH excluding ortho intramolecular Hbond substituents is 1. The van der Waals surface area contributed by atoms with Gasteiger partial charge in [0.15, 0.2) is 15.8 Å². The van der Waals surface area contributed by atoms with E-state index in [9.17, 15) is 24.2 Å². The third-order valence-corrected chi connectivity index (χ3v) is 8.46. The fourth-order valence-electron chi connectivity index (χ4n) is 4.50. The maximum atomic E-state index is 14.1. The van der Waals surface area contributed by atoms with E-state index in [1.807, 2.05) is 0 Å². The van der Waals surface area contributed by atoms with Gasteiger partial charge in [-0.15, -0.1) is 10.2 Å². The molecule has 12 heteroatoms. The van der Waals surface area contributed by atoms with Crippen molar-refractivity contribution in [3.05, 3.63) is 94.8 Å². The zero-order valence-corrected chi connectivity index (χ0v) is 22.2. The summed E-state index contributed by atoms with van der Waals surface area (Å²) in [4.78, 5) is 27.9. The van der Waals surface area contributed by atoms with Crippen LogP contribution in [0.5, 0.6) is 17.2 Å². The third-order valence-electron chi connectivity index (χ3n) is 6.36. The van der Waals surface area contributed by atoms with E-state index in [4.69, 9.17) is 9.47 Å². The zero-order valence-electron chi connectivity index (χ0n) is 20.6. The number of anilines is 1. The highest BCUT2D eigenvalue weighted by molar-refractivity contribution is 8.00. The van der Waals surface area contributed by atoms with Crippen LogP contribution in [0.25, 0.3) is 5.76 Å². The van der Waals surface area contributed by atoms with Gasteiger partial charge in [-0.3, -0.25) is 14.5 Å². The number of hydrogen-bond acceptors (Lipinski definition) is 10. The molecule has 4 aromatic rings. The number of phenols is 1. The molecule has 0 bridgehead atoms. The minimum Gasteiger partial charge on any atom is -0.508 e. The number of ketones is 1. The van der Waals surface area contributed by atoms with Gasteiger partial charge in [-0.2, -0.15) is 0 Å². The number of hydrogen-bond donors (Lipinski definition) is 2. The Morgan fingerprint density at radius 3 is 2.62 bits per heavy atom. The van der Waals surface area contributed by atoms with Crippen LogP contribution in [-0.4, -0.2) is 45.3 Å². The van der Waals surface area contributed by atoms with Crippen molar-refractivity contribution in [1.82, 2.24) is 10.2 Å². The molecule has 3 heterocycles. The number of ether oxygens (including phenoxy) is 2. The standard InChI is InChI=1S/C28H20FN3O6S2/c29-19-7-2-1-4-17(19)14-39-28-31-30-27(40-28)32-23(15-5-3-6-18(33)12-15)22(25(35)26(32)36)24(34)16-8-9-20-21(13-16)38-11-10-37-20/h1-9,12-13,23,33-34H,10-11,14H2/b24-22+/t23-/m0/s1. The van der Waals surface area contributed by atoms with Gasteiger partial charge in [-0.25, -0.2) is 4.39 Å². The summed E-state index contributed by atoms with van der Waals surface area (Å²) in [5.74, 6) is -1.47. The fraction of sp³-hybridized carbons (Fsp3) is 0.143. The maximum Gasteiger partial charge on any atom is 0.301 e. The molecule has 2 aliphatic rings. The van der Waals surface area contributed by atoms with Crippen molar-refractivity contribution in [2.24, 2.45) is 0 Å². The Bertz CT molecular complexity index is 1670. The van der Waals surface area contributed by atoms with E-state index < -0.39 is 23.5 Å². The van der Waals surface area contributed by atoms with Gasteiger partial charge in [0.25, 0.3) is 5.78 Å². The largest absolute Gasteiger partial charge is 0.508 e. The predicted molar refractivity (Wildman–Crippen MR) is 146 cm³/mol. The molecule has 1 aromatic heterocycles. The van der Waals surface area contributed by atoms with Crippen molar-refractivity contribution in [2.75, 3.05) is 18.1 Å². The molecule has 2 N–H and O–H groups in total. The van der Waals surface area contributed by atoms with Gasteiger partial charge in [-0.05, 0) is 47.5 Å². The van der Waals surface area contributed by atoms with Gasteiger partial charge >= 0.3 is 5.91 Å². The molecule has 6 rings (SSSR count). The van der Waals surface area contributed by atoms with Crippen molar-refractivity contribution < 1.29 is 33.7 Å². The Hall–Kier alpha value is -4.42. The Balaban J connectivity index is 1.39. The quantitative estimate of drug-likeness (QED) is 0.106. The van der Waals surface area contributed by atoms with E-state index in [-0.39, 0.29) is 27.8 Å². The summed E-state index contributed by atoms with van der Waals surface area (Å²) in [7, 11) is 0. The van der Waals surface area contributed by atoms with Gasteiger partial charge in [-0.1, -0.05) is 53.4 Å². The molecule has 1 saturated heterocycles. The number of nitrogens with zero attached hydrogens (tertiary/aromatic N) is 3. The summed E-state index contributed by atoms with van der Waals surface area (Å²) in [5, 5.41) is 29.9. The highest BCUT2D eigenvalue weighted by Crippen LogP contribution is 2.45. The smallest absolute Gasteiger partial charge is 0.301 e. The topological polar surface area (TPSA) is 122 Å². The van der Waals surface area contributed by atoms with E-state index >= 15 is 0 Å². The molecule has 0 unspecified atom stereocenters. The molecule has 202 valence electrons. The lowest BCUT2D eigenvalue weighted by molar-refractivity contribution is -0.132. The van der Waals surface area contributed by atoms with Crippen LogP contribution in [0, 0.1) is 5.82 Å². The number of aliphatic hydroxyl groups excluding tert-OH is 1. The summed E-state index contributed by atoms with van der Waals surface area (Å²) in [5.41, 5.74) is 0.951. The van der Waals surface area contributed by atoms with E-state index in [2.05, 4.69) is 10.2 Å². The molecule has 0 spiro atoms. The SMILES string of the molecule is O=C1C(=O)N(c2nnc(SCc3ccccc3F)s2)[C@@H](c2cccc(O)c2)/C1=C(\O)c1ccc2c(c1)OCCO2. The Morgan fingerprint density at radius 1 is 1.02 bits per heavy atom. The van der Waals surface area contributed by atoms with Crippen LogP contribution in [0.15, 0.2) is 76.6 Å². The van der Waals surface area contributed by atoms with Gasteiger partial charge in [0.2, 0.25) is 5.13 Å². The average Bonchev–Trinajstić information content (AvgIpc) is 3.54. The van der Waals surface area contributed by atoms with Gasteiger partial charge < -0.3 is 19.7 Å². The first kappa shape index (κ1) is 25.8. The molecule has 2 aliphatic heterocycles. The van der Waals surface area contributed by atoms with E-state index in [0.29, 0.717) is 45.9 Å². The highest BCUT2D eigenvalue weighted by atomic mass is 32.2. The lowest BCUT2D eigenvalue weighted by Gasteiger charge is -2.23. The van der Waals surface area contributed by atoms with Gasteiger partial charge in [0.1, 0.15) is 30.5 Å². The fourth-order valence-corrected chi connectivity index (χ4v) is 6.35. The number of aromatic hydroxyl groups is 1. The molecule has 0 radical (unpaired) electrons. The van der Waals surface area contributed by atoms with Crippen LogP contribution in [0.2, 0.25) is 0 Å². The normalized spacial score (nSPS) is 17.8. The number of fused-ring (bicyclic) bond motifs is 1. The number of rotatable bonds is 6. The third kappa shape index (κ3) is 4.75. The minimum atomic E-state index is -1.10. The van der Waals surface area contributed by atoms with Crippen LogP contribution >= 0.6 is 23.1 Å². The number of aliphatic hydroxyl groups is 1. The van der Waals surface area contributed by atoms with E-state index in [1.165, 1.54) is 30.0 Å². The second kappa shape index (κ2) is 10.6. The number of aromatic nitrogens is 2. The number of amides is 1. The van der Waals surface area contributed by atoms with Crippen molar-refractivity contribution in [1.29, 1.82) is 0 Å². The van der Waals surface area contributed by atoms with E-state index in [1.54, 1.807) is 48.5 Å².